The van der Waals surface area contributed by atoms with Crippen LogP contribution in [0.25, 0.3) is 11.3 Å². The van der Waals surface area contributed by atoms with E-state index in [1.807, 2.05) is 43.3 Å². The molecule has 3 N–H and O–H groups in total. The lowest BCUT2D eigenvalue weighted by Crippen LogP contribution is -2.48. The molecule has 0 aliphatic carbocycles. The van der Waals surface area contributed by atoms with Crippen LogP contribution < -0.4 is 15.4 Å². The van der Waals surface area contributed by atoms with Crippen molar-refractivity contribution in [1.29, 1.82) is 0 Å². The van der Waals surface area contributed by atoms with Gasteiger partial charge >= 0.3 is 0 Å². The molecule has 0 bridgehead atoms. The number of hydrogen-bond donors (Lipinski definition) is 2. The molecule has 0 saturated carbocycles. The number of pyridine rings is 1. The summed E-state index contributed by atoms with van der Waals surface area (Å²) in [6.45, 7) is 5.66. The maximum Gasteiger partial charge on any atom is 0.236 e. The van der Waals surface area contributed by atoms with Crippen LogP contribution >= 0.6 is 0 Å². The highest BCUT2D eigenvalue weighted by Crippen LogP contribution is 2.33. The molecule has 1 aliphatic heterocycles. The summed E-state index contributed by atoms with van der Waals surface area (Å²) < 4.78 is 27.4. The number of likely N-dealkylation sites (N-methyl/N-ethyl adjacent to an activating group) is 1. The number of nitrogens with two attached hydrogens (primary N) is 1. The van der Waals surface area contributed by atoms with Crippen LogP contribution in [0.15, 0.2) is 79.3 Å². The minimum Gasteiger partial charge on any atom is -0.324 e. The number of rotatable bonds is 8. The van der Waals surface area contributed by atoms with Gasteiger partial charge in [0.05, 0.1) is 29.5 Å². The molecule has 208 valence electrons. The second-order valence-corrected chi connectivity index (χ2v) is 11.9. The Hall–Kier alpha value is -3.90. The van der Waals surface area contributed by atoms with Crippen molar-refractivity contribution < 1.29 is 8.42 Å². The Morgan fingerprint density at radius 1 is 0.975 bits per heavy atom. The van der Waals surface area contributed by atoms with E-state index in [9.17, 15) is 8.42 Å². The molecule has 0 radical (unpaired) electrons. The van der Waals surface area contributed by atoms with Gasteiger partial charge in [0, 0.05) is 56.0 Å². The van der Waals surface area contributed by atoms with Gasteiger partial charge in [-0.2, -0.15) is 0 Å². The molecule has 3 heterocycles. The topological polar surface area (TPSA) is 121 Å². The molecule has 2 aromatic heterocycles. The molecular weight excluding hydrogens is 524 g/mol. The predicted molar refractivity (Wildman–Crippen MR) is 159 cm³/mol. The lowest BCUT2D eigenvalue weighted by atomic mass is 10.1. The van der Waals surface area contributed by atoms with Crippen molar-refractivity contribution in [3.63, 3.8) is 0 Å². The van der Waals surface area contributed by atoms with Crippen LogP contribution in [0.4, 0.5) is 23.0 Å². The van der Waals surface area contributed by atoms with Crippen LogP contribution in [0.3, 0.4) is 0 Å². The molecule has 4 aromatic rings. The van der Waals surface area contributed by atoms with Crippen LogP contribution in [0, 0.1) is 6.92 Å². The standard InChI is InChI=1S/C29H34N8O2S/c1-21-6-9-25(19-27(21)34-29-32-14-12-26(33-29)23-5-4-13-31-20-23)37(40(3,38)39)24-10-7-22(8-11-24)28(30)36-17-15-35(2)16-18-36/h4-14,19-20,28H,15-18,30H2,1-3H3,(H,32,33,34). The molecule has 40 heavy (non-hydrogen) atoms. The molecule has 1 atom stereocenters. The van der Waals surface area contributed by atoms with E-state index in [1.54, 1.807) is 42.9 Å². The lowest BCUT2D eigenvalue weighted by Gasteiger charge is -2.36. The first-order chi connectivity index (χ1) is 19.2. The van der Waals surface area contributed by atoms with Crippen molar-refractivity contribution in [3.8, 4) is 11.3 Å². The van der Waals surface area contributed by atoms with Gasteiger partial charge in [-0.25, -0.2) is 22.7 Å². The Morgan fingerprint density at radius 2 is 1.70 bits per heavy atom. The molecule has 2 aromatic carbocycles. The Balaban J connectivity index is 1.41. The predicted octanol–water partition coefficient (Wildman–Crippen LogP) is 3.89. The Morgan fingerprint density at radius 3 is 2.38 bits per heavy atom. The average Bonchev–Trinajstić information content (AvgIpc) is 2.95. The summed E-state index contributed by atoms with van der Waals surface area (Å²) in [5, 5.41) is 3.25. The van der Waals surface area contributed by atoms with Gasteiger partial charge in [-0.05, 0) is 67.6 Å². The highest BCUT2D eigenvalue weighted by Gasteiger charge is 2.23. The molecule has 5 rings (SSSR count). The number of sulfonamides is 1. The number of hydrogen-bond acceptors (Lipinski definition) is 9. The maximum absolute atomic E-state index is 13.0. The number of aryl methyl sites for hydroxylation is 1. The van der Waals surface area contributed by atoms with Gasteiger partial charge in [0.1, 0.15) is 0 Å². The molecule has 10 nitrogen and oxygen atoms in total. The van der Waals surface area contributed by atoms with Crippen molar-refractivity contribution >= 4 is 33.0 Å². The SMILES string of the molecule is Cc1ccc(N(c2ccc(C(N)N3CCN(C)CC3)cc2)S(C)(=O)=O)cc1Nc1nccc(-c2cccnc2)n1. The Bertz CT molecular complexity index is 1560. The van der Waals surface area contributed by atoms with Crippen molar-refractivity contribution in [2.75, 3.05) is 49.1 Å². The zero-order chi connectivity index (χ0) is 28.3. The van der Waals surface area contributed by atoms with Crippen LogP contribution in [-0.4, -0.2) is 72.7 Å². The Kier molecular flexibility index (Phi) is 8.08. The normalized spacial score (nSPS) is 15.5. The van der Waals surface area contributed by atoms with E-state index in [0.29, 0.717) is 23.0 Å². The number of nitrogens with one attached hydrogen (secondary N) is 1. The van der Waals surface area contributed by atoms with E-state index in [-0.39, 0.29) is 6.17 Å². The van der Waals surface area contributed by atoms with Gasteiger partial charge < -0.3 is 16.0 Å². The molecule has 0 spiro atoms. The van der Waals surface area contributed by atoms with Crippen molar-refractivity contribution in [1.82, 2.24) is 24.8 Å². The average molecular weight is 559 g/mol. The fraction of sp³-hybridized carbons (Fsp3) is 0.276. The van der Waals surface area contributed by atoms with E-state index < -0.39 is 10.0 Å². The third-order valence-corrected chi connectivity index (χ3v) is 8.13. The minimum atomic E-state index is -3.66. The molecule has 11 heteroatoms. The number of piperazine rings is 1. The summed E-state index contributed by atoms with van der Waals surface area (Å²) in [5.41, 5.74) is 11.7. The highest BCUT2D eigenvalue weighted by molar-refractivity contribution is 7.92. The smallest absolute Gasteiger partial charge is 0.236 e. The zero-order valence-electron chi connectivity index (χ0n) is 22.9. The first-order valence-electron chi connectivity index (χ1n) is 13.1. The highest BCUT2D eigenvalue weighted by atomic mass is 32.2. The summed E-state index contributed by atoms with van der Waals surface area (Å²) in [7, 11) is -1.55. The fourth-order valence-electron chi connectivity index (χ4n) is 4.74. The summed E-state index contributed by atoms with van der Waals surface area (Å²) >= 11 is 0. The third kappa shape index (κ3) is 6.28. The first-order valence-corrected chi connectivity index (χ1v) is 14.9. The van der Waals surface area contributed by atoms with E-state index in [2.05, 4.69) is 37.1 Å². The number of aromatic nitrogens is 3. The largest absolute Gasteiger partial charge is 0.324 e. The molecular formula is C29H34N8O2S. The maximum atomic E-state index is 13.0. The number of nitrogens with zero attached hydrogens (tertiary/aromatic N) is 6. The van der Waals surface area contributed by atoms with Crippen LogP contribution in [0.2, 0.25) is 0 Å². The second kappa shape index (κ2) is 11.7. The first kappa shape index (κ1) is 27.7. The molecule has 1 saturated heterocycles. The molecule has 0 amide bonds. The molecule has 1 aliphatic rings. The van der Waals surface area contributed by atoms with Crippen molar-refractivity contribution in [2.24, 2.45) is 5.73 Å². The molecule has 1 unspecified atom stereocenters. The molecule has 1 fully saturated rings. The van der Waals surface area contributed by atoms with Crippen LogP contribution in [0.1, 0.15) is 17.3 Å². The van der Waals surface area contributed by atoms with E-state index in [0.717, 1.165) is 48.6 Å². The minimum absolute atomic E-state index is 0.243. The summed E-state index contributed by atoms with van der Waals surface area (Å²) in [4.78, 5) is 17.7. The Labute approximate surface area is 235 Å². The van der Waals surface area contributed by atoms with Crippen LogP contribution in [0.5, 0.6) is 0 Å². The quantitative estimate of drug-likeness (QED) is 0.332. The monoisotopic (exact) mass is 558 g/mol. The zero-order valence-corrected chi connectivity index (χ0v) is 23.7. The van der Waals surface area contributed by atoms with Gasteiger partial charge in [-0.3, -0.25) is 9.88 Å². The lowest BCUT2D eigenvalue weighted by molar-refractivity contribution is 0.114. The van der Waals surface area contributed by atoms with Gasteiger partial charge in [0.2, 0.25) is 16.0 Å². The summed E-state index contributed by atoms with van der Waals surface area (Å²) in [6, 6.07) is 18.5. The van der Waals surface area contributed by atoms with E-state index in [4.69, 9.17) is 5.73 Å². The van der Waals surface area contributed by atoms with Gasteiger partial charge in [0.15, 0.2) is 0 Å². The summed E-state index contributed by atoms with van der Waals surface area (Å²) in [6.07, 6.45) is 6.08. The number of anilines is 4. The van der Waals surface area contributed by atoms with Gasteiger partial charge in [-0.15, -0.1) is 0 Å². The van der Waals surface area contributed by atoms with E-state index in [1.165, 1.54) is 10.6 Å². The van der Waals surface area contributed by atoms with E-state index >= 15 is 0 Å². The van der Waals surface area contributed by atoms with Gasteiger partial charge in [0.25, 0.3) is 0 Å². The summed E-state index contributed by atoms with van der Waals surface area (Å²) in [5.74, 6) is 0.398. The van der Waals surface area contributed by atoms with Crippen LogP contribution in [-0.2, 0) is 10.0 Å². The second-order valence-electron chi connectivity index (χ2n) is 10.0. The fourth-order valence-corrected chi connectivity index (χ4v) is 5.74. The number of benzene rings is 2. The third-order valence-electron chi connectivity index (χ3n) is 7.05. The van der Waals surface area contributed by atoms with Gasteiger partial charge in [-0.1, -0.05) is 18.2 Å². The van der Waals surface area contributed by atoms with Crippen molar-refractivity contribution in [2.45, 2.75) is 13.1 Å². The van der Waals surface area contributed by atoms with Crippen molar-refractivity contribution in [3.05, 3.63) is 90.4 Å².